The summed E-state index contributed by atoms with van der Waals surface area (Å²) in [5, 5.41) is 44.7. The van der Waals surface area contributed by atoms with Crippen molar-refractivity contribution in [3.8, 4) is 0 Å². The maximum absolute atomic E-state index is 9.12. The molecule has 0 bridgehead atoms. The predicted molar refractivity (Wildman–Crippen MR) is 62.7 cm³/mol. The first-order valence-corrected chi connectivity index (χ1v) is 9.72. The molecule has 7 heteroatoms. The van der Waals surface area contributed by atoms with E-state index < -0.39 is 37.3 Å². The second kappa shape index (κ2) is 9.48. The van der Waals surface area contributed by atoms with E-state index in [1.54, 1.807) is 0 Å². The molecule has 1 aliphatic rings. The Morgan fingerprint density at radius 3 is 1.82 bits per heavy atom. The van der Waals surface area contributed by atoms with Crippen LogP contribution in [0.3, 0.4) is 0 Å². The van der Waals surface area contributed by atoms with Crippen LogP contribution >= 0.6 is 0 Å². The van der Waals surface area contributed by atoms with Gasteiger partial charge in [-0.05, 0) is 0 Å². The monoisotopic (exact) mass is 358 g/mol. The van der Waals surface area contributed by atoms with E-state index in [1.807, 2.05) is 0 Å². The molecule has 6 nitrogen and oxygen atoms in total. The first-order chi connectivity index (χ1) is 7.99. The fraction of sp³-hybridized carbons (Fsp3) is 1.00. The van der Waals surface area contributed by atoms with Gasteiger partial charge >= 0.3 is 43.9 Å². The summed E-state index contributed by atoms with van der Waals surface area (Å²) >= 11 is 0.218. The molecule has 1 aliphatic heterocycles. The topological polar surface area (TPSA) is 110 Å². The van der Waals surface area contributed by atoms with Gasteiger partial charge in [0, 0.05) is 0 Å². The van der Waals surface area contributed by atoms with Gasteiger partial charge in [-0.25, -0.2) is 0 Å². The van der Waals surface area contributed by atoms with Gasteiger partial charge in [0.25, 0.3) is 0 Å². The van der Waals surface area contributed by atoms with E-state index in [0.29, 0.717) is 0 Å². The van der Waals surface area contributed by atoms with Crippen LogP contribution in [-0.4, -0.2) is 84.0 Å². The van der Waals surface area contributed by atoms with Crippen molar-refractivity contribution in [3.05, 3.63) is 0 Å². The molecule has 5 unspecified atom stereocenters. The number of ether oxygens (including phenoxy) is 1. The van der Waals surface area contributed by atoms with E-state index in [2.05, 4.69) is 18.6 Å². The number of hydrogen-bond donors (Lipinski definition) is 5. The Hall–Kier alpha value is 0.559. The van der Waals surface area contributed by atoms with Crippen LogP contribution in [0.1, 0.15) is 13.8 Å². The zero-order chi connectivity index (χ0) is 13.4. The predicted octanol–water partition coefficient (Wildman–Crippen LogP) is -1.65. The third-order valence-corrected chi connectivity index (χ3v) is 5.22. The van der Waals surface area contributed by atoms with Crippen molar-refractivity contribution in [1.82, 2.24) is 0 Å². The van der Waals surface area contributed by atoms with Gasteiger partial charge in [0.1, 0.15) is 24.4 Å². The van der Waals surface area contributed by atoms with Gasteiger partial charge in [-0.2, -0.15) is 0 Å². The molecule has 2 radical (unpaired) electrons. The van der Waals surface area contributed by atoms with Crippen LogP contribution in [0.4, 0.5) is 0 Å². The third kappa shape index (κ3) is 5.82. The van der Waals surface area contributed by atoms with Crippen LogP contribution in [0.25, 0.3) is 0 Å². The maximum atomic E-state index is 9.12. The standard InChI is InChI=1S/C6H12O6.2C2H5.Sn/c7-1-2-3(8)4(9)5(10)6(11)12-2;2*1-2;/h2-11H,1H2;2*1H2,2H3;. The molecule has 0 aromatic heterocycles. The minimum atomic E-state index is -1.57. The molecule has 17 heavy (non-hydrogen) atoms. The number of rotatable bonds is 3. The molecule has 0 spiro atoms. The van der Waals surface area contributed by atoms with E-state index in [9.17, 15) is 0 Å². The zero-order valence-electron chi connectivity index (χ0n) is 10.2. The summed E-state index contributed by atoms with van der Waals surface area (Å²) in [6.07, 6.45) is -7.04. The van der Waals surface area contributed by atoms with Crippen molar-refractivity contribution in [1.29, 1.82) is 0 Å². The number of hydrogen-bond acceptors (Lipinski definition) is 6. The summed E-state index contributed by atoms with van der Waals surface area (Å²) in [4.78, 5) is 0. The van der Waals surface area contributed by atoms with Crippen molar-refractivity contribution in [2.24, 2.45) is 0 Å². The fourth-order valence-electron chi connectivity index (χ4n) is 1.33. The maximum Gasteiger partial charge on any atom is 0.184 e. The van der Waals surface area contributed by atoms with Gasteiger partial charge in [0.15, 0.2) is 6.29 Å². The number of aliphatic hydroxyl groups excluding tert-OH is 5. The molecule has 1 saturated heterocycles. The van der Waals surface area contributed by atoms with Crippen LogP contribution in [0.5, 0.6) is 0 Å². The Balaban J connectivity index is 0.000000437. The minimum absolute atomic E-state index is 0.218. The summed E-state index contributed by atoms with van der Waals surface area (Å²) in [6.45, 7) is 4.05. The second-order valence-electron chi connectivity index (χ2n) is 3.68. The van der Waals surface area contributed by atoms with E-state index in [-0.39, 0.29) is 21.1 Å². The van der Waals surface area contributed by atoms with Gasteiger partial charge in [-0.15, -0.1) is 0 Å². The van der Waals surface area contributed by atoms with E-state index in [4.69, 9.17) is 25.5 Å². The second-order valence-corrected chi connectivity index (χ2v) is 9.14. The van der Waals surface area contributed by atoms with Crippen LogP contribution in [0, 0.1) is 0 Å². The molecule has 0 amide bonds. The molecule has 5 atom stereocenters. The van der Waals surface area contributed by atoms with Gasteiger partial charge in [0.2, 0.25) is 0 Å². The molecular formula is C10H22O6Sn. The molecule has 5 N–H and O–H groups in total. The molecule has 0 aliphatic carbocycles. The minimum Gasteiger partial charge on any atom is -0.394 e. The van der Waals surface area contributed by atoms with Gasteiger partial charge in [-0.1, -0.05) is 0 Å². The van der Waals surface area contributed by atoms with Gasteiger partial charge < -0.3 is 30.3 Å². The Morgan fingerprint density at radius 2 is 1.47 bits per heavy atom. The van der Waals surface area contributed by atoms with Crippen LogP contribution < -0.4 is 0 Å². The molecule has 0 aromatic carbocycles. The SMILES string of the molecule is C[CH2][Sn][CH2]C.OCC1OC(O)C(O)C(O)C1O. The molecular weight excluding hydrogens is 335 g/mol. The van der Waals surface area contributed by atoms with Crippen LogP contribution in [0.15, 0.2) is 0 Å². The van der Waals surface area contributed by atoms with Crippen molar-refractivity contribution in [2.75, 3.05) is 6.61 Å². The third-order valence-electron chi connectivity index (χ3n) is 2.37. The first kappa shape index (κ1) is 17.6. The Kier molecular flexibility index (Phi) is 9.80. The van der Waals surface area contributed by atoms with Crippen molar-refractivity contribution < 1.29 is 30.3 Å². The summed E-state index contributed by atoms with van der Waals surface area (Å²) in [7, 11) is 0. The fourth-order valence-corrected chi connectivity index (χ4v) is 2.76. The molecule has 0 saturated carbocycles. The Labute approximate surface area is 111 Å². The van der Waals surface area contributed by atoms with E-state index in [0.717, 1.165) is 0 Å². The average Bonchev–Trinajstić information content (AvgIpc) is 2.33. The van der Waals surface area contributed by atoms with Gasteiger partial charge in [-0.3, -0.25) is 0 Å². The van der Waals surface area contributed by atoms with Crippen molar-refractivity contribution >= 4 is 21.1 Å². The van der Waals surface area contributed by atoms with Crippen LogP contribution in [-0.2, 0) is 4.74 Å². The molecule has 1 fully saturated rings. The van der Waals surface area contributed by atoms with E-state index in [1.165, 1.54) is 8.87 Å². The van der Waals surface area contributed by atoms with Crippen molar-refractivity contribution in [2.45, 2.75) is 53.4 Å². The normalized spacial score (nSPS) is 37.2. The quantitative estimate of drug-likeness (QED) is 0.387. The smallest absolute Gasteiger partial charge is 0.184 e. The first-order valence-electron chi connectivity index (χ1n) is 5.68. The van der Waals surface area contributed by atoms with Crippen molar-refractivity contribution in [3.63, 3.8) is 0 Å². The van der Waals surface area contributed by atoms with Gasteiger partial charge in [0.05, 0.1) is 6.61 Å². The Morgan fingerprint density at radius 1 is 0.941 bits per heavy atom. The summed E-state index contributed by atoms with van der Waals surface area (Å²) in [6, 6.07) is 0. The van der Waals surface area contributed by atoms with Crippen LogP contribution in [0.2, 0.25) is 8.87 Å². The molecule has 1 rings (SSSR count). The molecule has 1 heterocycles. The molecule has 102 valence electrons. The average molecular weight is 357 g/mol. The summed E-state index contributed by atoms with van der Waals surface area (Å²) in [5.41, 5.74) is 0. The summed E-state index contributed by atoms with van der Waals surface area (Å²) in [5.74, 6) is 0. The summed E-state index contributed by atoms with van der Waals surface area (Å²) < 4.78 is 7.60. The molecule has 0 aromatic rings. The number of aliphatic hydroxyl groups is 5. The zero-order valence-corrected chi connectivity index (χ0v) is 13.0. The largest absolute Gasteiger partial charge is 0.394 e. The van der Waals surface area contributed by atoms with E-state index >= 15 is 0 Å². The Bertz CT molecular complexity index is 187.